The van der Waals surface area contributed by atoms with Crippen LogP contribution in [0.2, 0.25) is 0 Å². The summed E-state index contributed by atoms with van der Waals surface area (Å²) in [5, 5.41) is 5.32. The summed E-state index contributed by atoms with van der Waals surface area (Å²) in [4.78, 5) is 20.7. The summed E-state index contributed by atoms with van der Waals surface area (Å²) in [6.45, 7) is 2.03. The van der Waals surface area contributed by atoms with Gasteiger partial charge >= 0.3 is 12.1 Å². The molecule has 8 nitrogen and oxygen atoms in total. The Morgan fingerprint density at radius 2 is 2.03 bits per heavy atom. The van der Waals surface area contributed by atoms with E-state index in [0.717, 1.165) is 55.0 Å². The normalized spacial score (nSPS) is 28.1. The quantitative estimate of drug-likeness (QED) is 0.356. The summed E-state index contributed by atoms with van der Waals surface area (Å²) in [5.41, 5.74) is 5.80. The zero-order valence-electron chi connectivity index (χ0n) is 17.1. The molecule has 6 N–H and O–H groups in total. The number of H-pyrrole nitrogens is 1. The number of rotatable bonds is 5. The zero-order chi connectivity index (χ0) is 22.0. The number of aliphatic imine (C=N–C) groups is 1. The standard InChI is InChI=1S/C20H28F3N7O/c21-20(22,23)19(31)28-14-6-8-30(10-14)9-12-1-3-13(4-2-12)16(29-24)17-15-5-7-25-18(15)27-11-26-17/h5,7,11-14,25,29H,1-4,6,8-10,24H2,(H,26,27)(H,28,31)/b17-16-/t12-,13-,14-/m0/s1. The average Bonchev–Trinajstić information content (AvgIpc) is 3.39. The average molecular weight is 439 g/mol. The molecular weight excluding hydrogens is 411 g/mol. The lowest BCUT2D eigenvalue weighted by Gasteiger charge is -2.33. The molecule has 11 heteroatoms. The number of amides is 1. The van der Waals surface area contributed by atoms with Crippen LogP contribution in [-0.2, 0) is 4.79 Å². The molecule has 1 atom stereocenters. The fourth-order valence-corrected chi connectivity index (χ4v) is 4.91. The van der Waals surface area contributed by atoms with Gasteiger partial charge < -0.3 is 25.9 Å². The van der Waals surface area contributed by atoms with Crippen molar-refractivity contribution in [1.82, 2.24) is 25.9 Å². The molecule has 1 saturated heterocycles. The minimum absolute atomic E-state index is 0.301. The van der Waals surface area contributed by atoms with Crippen LogP contribution in [0.1, 0.15) is 37.7 Å². The highest BCUT2D eigenvalue weighted by molar-refractivity contribution is 5.87. The van der Waals surface area contributed by atoms with Crippen LogP contribution in [0.4, 0.5) is 19.0 Å². The number of nitrogens with one attached hydrogen (secondary N) is 4. The van der Waals surface area contributed by atoms with Gasteiger partial charge in [-0.15, -0.1) is 0 Å². The van der Waals surface area contributed by atoms with Crippen molar-refractivity contribution < 1.29 is 18.0 Å². The van der Waals surface area contributed by atoms with Crippen molar-refractivity contribution in [3.8, 4) is 0 Å². The van der Waals surface area contributed by atoms with E-state index < -0.39 is 18.1 Å². The second kappa shape index (κ2) is 8.91. The van der Waals surface area contributed by atoms with Crippen LogP contribution >= 0.6 is 0 Å². The van der Waals surface area contributed by atoms with Gasteiger partial charge in [0.05, 0.1) is 17.7 Å². The van der Waals surface area contributed by atoms with Gasteiger partial charge in [0.15, 0.2) is 0 Å². The number of alkyl halides is 3. The van der Waals surface area contributed by atoms with Gasteiger partial charge in [-0.3, -0.25) is 10.6 Å². The topological polar surface area (TPSA) is 111 Å². The van der Waals surface area contributed by atoms with Gasteiger partial charge in [-0.2, -0.15) is 13.2 Å². The number of hydrogen-bond donors (Lipinski definition) is 5. The number of aromatic amines is 1. The summed E-state index contributed by atoms with van der Waals surface area (Å²) in [5.74, 6) is 5.63. The Morgan fingerprint density at radius 3 is 2.74 bits per heavy atom. The largest absolute Gasteiger partial charge is 0.471 e. The molecule has 3 aliphatic rings. The molecular formula is C20H28F3N7O. The molecule has 31 heavy (non-hydrogen) atoms. The number of carbonyl (C=O) groups excluding carboxylic acids is 1. The Balaban J connectivity index is 1.29. The van der Waals surface area contributed by atoms with E-state index in [0.29, 0.717) is 31.3 Å². The van der Waals surface area contributed by atoms with Crippen molar-refractivity contribution in [2.24, 2.45) is 22.7 Å². The predicted molar refractivity (Wildman–Crippen MR) is 111 cm³/mol. The monoisotopic (exact) mass is 439 g/mol. The molecule has 0 spiro atoms. The Labute approximate surface area is 178 Å². The summed E-state index contributed by atoms with van der Waals surface area (Å²) >= 11 is 0. The third-order valence-electron chi connectivity index (χ3n) is 6.46. The molecule has 2 aliphatic heterocycles. The maximum atomic E-state index is 12.4. The highest BCUT2D eigenvalue weighted by Crippen LogP contribution is 2.37. The first-order valence-electron chi connectivity index (χ1n) is 10.6. The molecule has 0 unspecified atom stereocenters. The van der Waals surface area contributed by atoms with E-state index in [-0.39, 0.29) is 0 Å². The van der Waals surface area contributed by atoms with E-state index in [2.05, 4.69) is 30.9 Å². The molecule has 1 aromatic rings. The molecule has 0 aromatic carbocycles. The number of fused-ring (bicyclic) bond motifs is 1. The minimum Gasteiger partial charge on any atom is -0.346 e. The molecule has 4 rings (SSSR count). The van der Waals surface area contributed by atoms with E-state index in [1.165, 1.54) is 0 Å². The molecule has 170 valence electrons. The zero-order valence-corrected chi connectivity index (χ0v) is 17.1. The lowest BCUT2D eigenvalue weighted by molar-refractivity contribution is -0.174. The van der Waals surface area contributed by atoms with E-state index in [4.69, 9.17) is 5.84 Å². The molecule has 2 fully saturated rings. The summed E-state index contributed by atoms with van der Waals surface area (Å²) in [6, 6.07) is 1.54. The van der Waals surface area contributed by atoms with Crippen LogP contribution in [0.5, 0.6) is 0 Å². The van der Waals surface area contributed by atoms with Gasteiger partial charge in [-0.25, -0.2) is 4.99 Å². The van der Waals surface area contributed by atoms with Gasteiger partial charge in [0, 0.05) is 43.4 Å². The summed E-state index contributed by atoms with van der Waals surface area (Å²) < 4.78 is 37.3. The second-order valence-electron chi connectivity index (χ2n) is 8.51. The molecule has 0 bridgehead atoms. The maximum Gasteiger partial charge on any atom is 0.471 e. The maximum absolute atomic E-state index is 12.4. The Hall–Kier alpha value is -2.53. The second-order valence-corrected chi connectivity index (χ2v) is 8.51. The highest BCUT2D eigenvalue weighted by Gasteiger charge is 2.40. The van der Waals surface area contributed by atoms with Gasteiger partial charge in [0.1, 0.15) is 5.82 Å². The molecule has 1 aromatic heterocycles. The number of carbonyl (C=O) groups is 1. The van der Waals surface area contributed by atoms with E-state index in [9.17, 15) is 18.0 Å². The predicted octanol–water partition coefficient (Wildman–Crippen LogP) is 1.97. The first-order valence-corrected chi connectivity index (χ1v) is 10.6. The van der Waals surface area contributed by atoms with Crippen molar-refractivity contribution >= 4 is 23.8 Å². The fraction of sp³-hybridized carbons (Fsp3) is 0.600. The van der Waals surface area contributed by atoms with Crippen molar-refractivity contribution in [1.29, 1.82) is 0 Å². The van der Waals surface area contributed by atoms with Crippen molar-refractivity contribution in [3.05, 3.63) is 23.5 Å². The van der Waals surface area contributed by atoms with E-state index in [1.54, 1.807) is 6.34 Å². The smallest absolute Gasteiger partial charge is 0.346 e. The van der Waals surface area contributed by atoms with Crippen LogP contribution in [0.15, 0.2) is 23.0 Å². The Morgan fingerprint density at radius 1 is 1.26 bits per heavy atom. The molecule has 1 amide bonds. The SMILES string of the molecule is NN/C(=C1\NC=Nc2[nH]ccc21)[C@H]1CC[C@H](CN2CC[C@H](NC(=O)C(F)(F)F)C2)CC1. The lowest BCUT2D eigenvalue weighted by Crippen LogP contribution is -2.44. The third-order valence-corrected chi connectivity index (χ3v) is 6.46. The Bertz CT molecular complexity index is 855. The highest BCUT2D eigenvalue weighted by atomic mass is 19.4. The number of halogens is 3. The number of hydrazine groups is 1. The number of nitrogens with two attached hydrogens (primary N) is 1. The van der Waals surface area contributed by atoms with Crippen LogP contribution in [0, 0.1) is 11.8 Å². The summed E-state index contributed by atoms with van der Waals surface area (Å²) in [7, 11) is 0. The van der Waals surface area contributed by atoms with Crippen molar-refractivity contribution in [2.45, 2.75) is 44.3 Å². The number of aromatic nitrogens is 1. The van der Waals surface area contributed by atoms with Crippen molar-refractivity contribution in [3.63, 3.8) is 0 Å². The first-order chi connectivity index (χ1) is 14.8. The minimum atomic E-state index is -4.82. The lowest BCUT2D eigenvalue weighted by atomic mass is 9.79. The fourth-order valence-electron chi connectivity index (χ4n) is 4.91. The summed E-state index contributed by atoms with van der Waals surface area (Å²) in [6.07, 6.45) is 3.23. The molecule has 0 radical (unpaired) electrons. The van der Waals surface area contributed by atoms with E-state index in [1.807, 2.05) is 12.3 Å². The van der Waals surface area contributed by atoms with Crippen molar-refractivity contribution in [2.75, 3.05) is 19.6 Å². The van der Waals surface area contributed by atoms with Gasteiger partial charge in [-0.05, 0) is 44.1 Å². The number of allylic oxidation sites excluding steroid dienone is 1. The molecule has 3 heterocycles. The number of hydrogen-bond acceptors (Lipinski definition) is 6. The van der Waals surface area contributed by atoms with Gasteiger partial charge in [0.25, 0.3) is 0 Å². The van der Waals surface area contributed by atoms with Gasteiger partial charge in [0.2, 0.25) is 0 Å². The Kier molecular flexibility index (Phi) is 6.24. The van der Waals surface area contributed by atoms with Crippen LogP contribution in [0.3, 0.4) is 0 Å². The number of nitrogens with zero attached hydrogens (tertiary/aromatic N) is 2. The first kappa shape index (κ1) is 21.7. The third kappa shape index (κ3) is 4.87. The van der Waals surface area contributed by atoms with Crippen LogP contribution in [-0.4, -0.2) is 54.0 Å². The molecule has 1 aliphatic carbocycles. The number of likely N-dealkylation sites (tertiary alicyclic amines) is 1. The van der Waals surface area contributed by atoms with E-state index >= 15 is 0 Å². The van der Waals surface area contributed by atoms with Gasteiger partial charge in [-0.1, -0.05) is 0 Å². The molecule has 1 saturated carbocycles. The van der Waals surface area contributed by atoms with Crippen LogP contribution in [0.25, 0.3) is 5.70 Å². The van der Waals surface area contributed by atoms with Crippen LogP contribution < -0.4 is 21.9 Å².